The van der Waals surface area contributed by atoms with Gasteiger partial charge in [-0.2, -0.15) is 4.98 Å². The van der Waals surface area contributed by atoms with Crippen LogP contribution < -0.4 is 10.6 Å². The summed E-state index contributed by atoms with van der Waals surface area (Å²) in [7, 11) is 0. The van der Waals surface area contributed by atoms with Crippen LogP contribution in [0, 0.1) is 6.92 Å². The minimum atomic E-state index is 0.528. The highest BCUT2D eigenvalue weighted by Crippen LogP contribution is 2.20. The zero-order valence-corrected chi connectivity index (χ0v) is 13.2. The molecule has 0 aliphatic heterocycles. The molecule has 0 spiro atoms. The quantitative estimate of drug-likeness (QED) is 0.870. The molecule has 116 valence electrons. The van der Waals surface area contributed by atoms with Crippen LogP contribution in [-0.4, -0.2) is 16.0 Å². The molecule has 0 amide bonds. The fraction of sp³-hybridized carbons (Fsp3) is 0.444. The van der Waals surface area contributed by atoms with Crippen LogP contribution in [0.1, 0.15) is 43.2 Å². The molecule has 0 saturated heterocycles. The summed E-state index contributed by atoms with van der Waals surface area (Å²) >= 11 is 0. The van der Waals surface area contributed by atoms with Gasteiger partial charge >= 0.3 is 0 Å². The molecule has 4 nitrogen and oxygen atoms in total. The number of aromatic nitrogens is 2. The van der Waals surface area contributed by atoms with Gasteiger partial charge in [-0.25, -0.2) is 4.98 Å². The Morgan fingerprint density at radius 1 is 1.14 bits per heavy atom. The van der Waals surface area contributed by atoms with Crippen LogP contribution in [0.25, 0.3) is 0 Å². The molecule has 1 aliphatic rings. The maximum absolute atomic E-state index is 4.57. The third-order valence-corrected chi connectivity index (χ3v) is 4.15. The molecular weight excluding hydrogens is 272 g/mol. The molecule has 22 heavy (non-hydrogen) atoms. The molecule has 2 N–H and O–H groups in total. The number of hydrogen-bond donors (Lipinski definition) is 2. The number of benzene rings is 1. The summed E-state index contributed by atoms with van der Waals surface area (Å²) in [6.45, 7) is 2.89. The predicted molar refractivity (Wildman–Crippen MR) is 91.0 cm³/mol. The van der Waals surface area contributed by atoms with Crippen molar-refractivity contribution < 1.29 is 0 Å². The highest BCUT2D eigenvalue weighted by atomic mass is 15.1. The minimum absolute atomic E-state index is 0.528. The number of nitrogens with one attached hydrogen (secondary N) is 2. The Kier molecular flexibility index (Phi) is 4.88. The fourth-order valence-electron chi connectivity index (χ4n) is 2.97. The lowest BCUT2D eigenvalue weighted by Gasteiger charge is -2.22. The molecule has 0 atom stereocenters. The van der Waals surface area contributed by atoms with E-state index in [0.717, 1.165) is 18.3 Å². The van der Waals surface area contributed by atoms with Crippen molar-refractivity contribution in [2.45, 2.75) is 51.6 Å². The van der Waals surface area contributed by atoms with Crippen molar-refractivity contribution in [3.05, 3.63) is 47.7 Å². The molecule has 1 aliphatic carbocycles. The highest BCUT2D eigenvalue weighted by molar-refractivity contribution is 5.41. The number of rotatable bonds is 5. The van der Waals surface area contributed by atoms with E-state index in [0.29, 0.717) is 6.04 Å². The Labute approximate surface area is 132 Å². The van der Waals surface area contributed by atoms with Gasteiger partial charge in [-0.1, -0.05) is 49.1 Å². The third-order valence-electron chi connectivity index (χ3n) is 4.15. The van der Waals surface area contributed by atoms with E-state index in [9.17, 15) is 0 Å². The van der Waals surface area contributed by atoms with Gasteiger partial charge in [-0.15, -0.1) is 0 Å². The topological polar surface area (TPSA) is 49.8 Å². The van der Waals surface area contributed by atoms with Crippen molar-refractivity contribution in [3.63, 3.8) is 0 Å². The summed E-state index contributed by atoms with van der Waals surface area (Å²) in [6, 6.07) is 11.0. The van der Waals surface area contributed by atoms with E-state index < -0.39 is 0 Å². The second-order valence-corrected chi connectivity index (χ2v) is 6.09. The van der Waals surface area contributed by atoms with Crippen LogP contribution >= 0.6 is 0 Å². The molecule has 3 rings (SSSR count). The van der Waals surface area contributed by atoms with Gasteiger partial charge in [0.25, 0.3) is 0 Å². The van der Waals surface area contributed by atoms with Gasteiger partial charge in [0.1, 0.15) is 5.82 Å². The van der Waals surface area contributed by atoms with E-state index in [1.807, 2.05) is 12.3 Å². The van der Waals surface area contributed by atoms with Gasteiger partial charge in [-0.05, 0) is 31.4 Å². The maximum Gasteiger partial charge on any atom is 0.224 e. The zero-order chi connectivity index (χ0) is 15.2. The number of nitrogens with zero attached hydrogens (tertiary/aromatic N) is 2. The summed E-state index contributed by atoms with van der Waals surface area (Å²) in [5.41, 5.74) is 2.54. The van der Waals surface area contributed by atoms with Crippen molar-refractivity contribution >= 4 is 11.8 Å². The fourth-order valence-corrected chi connectivity index (χ4v) is 2.97. The van der Waals surface area contributed by atoms with Crippen LogP contribution in [0.5, 0.6) is 0 Å². The van der Waals surface area contributed by atoms with E-state index in [2.05, 4.69) is 51.8 Å². The van der Waals surface area contributed by atoms with Gasteiger partial charge < -0.3 is 10.6 Å². The lowest BCUT2D eigenvalue weighted by molar-refractivity contribution is 0.461. The monoisotopic (exact) mass is 296 g/mol. The van der Waals surface area contributed by atoms with Crippen molar-refractivity contribution in [1.82, 2.24) is 9.97 Å². The number of aryl methyl sites for hydroxylation is 1. The molecule has 1 aromatic carbocycles. The summed E-state index contributed by atoms with van der Waals surface area (Å²) < 4.78 is 0. The Hall–Kier alpha value is -2.10. The lowest BCUT2D eigenvalue weighted by atomic mass is 9.96. The van der Waals surface area contributed by atoms with E-state index in [1.54, 1.807) is 0 Å². The SMILES string of the molecule is Cc1cccc(CNc2ccnc(NC3CCCCC3)n2)c1. The first kappa shape index (κ1) is 14.8. The molecule has 1 heterocycles. The van der Waals surface area contributed by atoms with E-state index >= 15 is 0 Å². The van der Waals surface area contributed by atoms with Crippen LogP contribution in [0.4, 0.5) is 11.8 Å². The van der Waals surface area contributed by atoms with Crippen LogP contribution in [0.3, 0.4) is 0 Å². The Morgan fingerprint density at radius 2 is 2.00 bits per heavy atom. The molecular formula is C18H24N4. The molecule has 4 heteroatoms. The summed E-state index contributed by atoms with van der Waals surface area (Å²) in [5.74, 6) is 1.61. The molecule has 2 aromatic rings. The maximum atomic E-state index is 4.57. The first-order chi connectivity index (χ1) is 10.8. The molecule has 1 fully saturated rings. The summed E-state index contributed by atoms with van der Waals surface area (Å²) in [4.78, 5) is 8.91. The van der Waals surface area contributed by atoms with Gasteiger partial charge in [0, 0.05) is 18.8 Å². The summed E-state index contributed by atoms with van der Waals surface area (Å²) in [6.07, 6.45) is 8.24. The second kappa shape index (κ2) is 7.25. The largest absolute Gasteiger partial charge is 0.366 e. The lowest BCUT2D eigenvalue weighted by Crippen LogP contribution is -2.23. The molecule has 0 radical (unpaired) electrons. The van der Waals surface area contributed by atoms with Crippen LogP contribution in [0.15, 0.2) is 36.5 Å². The standard InChI is InChI=1S/C18H24N4/c1-14-6-5-7-15(12-14)13-20-17-10-11-19-18(22-17)21-16-8-3-2-4-9-16/h5-7,10-12,16H,2-4,8-9,13H2,1H3,(H2,19,20,21,22). The van der Waals surface area contributed by atoms with Crippen molar-refractivity contribution in [3.8, 4) is 0 Å². The van der Waals surface area contributed by atoms with Crippen LogP contribution in [0.2, 0.25) is 0 Å². The Balaban J connectivity index is 1.58. The molecule has 0 unspecified atom stereocenters. The number of hydrogen-bond acceptors (Lipinski definition) is 4. The Morgan fingerprint density at radius 3 is 2.82 bits per heavy atom. The minimum Gasteiger partial charge on any atom is -0.366 e. The second-order valence-electron chi connectivity index (χ2n) is 6.09. The van der Waals surface area contributed by atoms with Gasteiger partial charge in [-0.3, -0.25) is 0 Å². The first-order valence-corrected chi connectivity index (χ1v) is 8.18. The molecule has 1 saturated carbocycles. The van der Waals surface area contributed by atoms with Crippen molar-refractivity contribution in [1.29, 1.82) is 0 Å². The van der Waals surface area contributed by atoms with Gasteiger partial charge in [0.05, 0.1) is 0 Å². The van der Waals surface area contributed by atoms with Crippen LogP contribution in [-0.2, 0) is 6.54 Å². The zero-order valence-electron chi connectivity index (χ0n) is 13.2. The molecule has 1 aromatic heterocycles. The Bertz CT molecular complexity index is 606. The van der Waals surface area contributed by atoms with E-state index in [1.165, 1.54) is 43.2 Å². The van der Waals surface area contributed by atoms with E-state index in [4.69, 9.17) is 0 Å². The average molecular weight is 296 g/mol. The van der Waals surface area contributed by atoms with Crippen molar-refractivity contribution in [2.24, 2.45) is 0 Å². The predicted octanol–water partition coefficient (Wildman–Crippen LogP) is 4.14. The molecule has 0 bridgehead atoms. The normalized spacial score (nSPS) is 15.5. The van der Waals surface area contributed by atoms with E-state index in [-0.39, 0.29) is 0 Å². The smallest absolute Gasteiger partial charge is 0.224 e. The van der Waals surface area contributed by atoms with Crippen molar-refractivity contribution in [2.75, 3.05) is 10.6 Å². The first-order valence-electron chi connectivity index (χ1n) is 8.18. The average Bonchev–Trinajstić information content (AvgIpc) is 2.54. The highest BCUT2D eigenvalue weighted by Gasteiger charge is 2.14. The number of anilines is 2. The van der Waals surface area contributed by atoms with Gasteiger partial charge in [0.15, 0.2) is 0 Å². The summed E-state index contributed by atoms with van der Waals surface area (Å²) in [5, 5.41) is 6.84. The third kappa shape index (κ3) is 4.20. The van der Waals surface area contributed by atoms with Gasteiger partial charge in [0.2, 0.25) is 5.95 Å².